The molecule has 3 aromatic carbocycles. The summed E-state index contributed by atoms with van der Waals surface area (Å²) >= 11 is 0. The molecule has 5 aromatic rings. The van der Waals surface area contributed by atoms with E-state index in [-0.39, 0.29) is 5.41 Å². The molecule has 0 N–H and O–H groups in total. The van der Waals surface area contributed by atoms with Crippen molar-refractivity contribution in [2.24, 2.45) is 4.99 Å². The van der Waals surface area contributed by atoms with Crippen molar-refractivity contribution < 1.29 is 4.42 Å². The van der Waals surface area contributed by atoms with Gasteiger partial charge < -0.3 is 4.42 Å². The number of nitrogens with zero attached hydrogens (tertiary/aromatic N) is 2. The van der Waals surface area contributed by atoms with Crippen LogP contribution in [-0.2, 0) is 5.41 Å². The first-order valence-electron chi connectivity index (χ1n) is 13.1. The van der Waals surface area contributed by atoms with Crippen molar-refractivity contribution in [3.8, 4) is 11.3 Å². The van der Waals surface area contributed by atoms with E-state index in [0.29, 0.717) is 0 Å². The Morgan fingerprint density at radius 3 is 2.39 bits per heavy atom. The fraction of sp³-hybridized carbons (Fsp3) is 0.200. The van der Waals surface area contributed by atoms with E-state index in [1.165, 1.54) is 11.1 Å². The molecule has 0 aliphatic heterocycles. The first-order valence-corrected chi connectivity index (χ1v) is 13.1. The van der Waals surface area contributed by atoms with Crippen LogP contribution in [0.2, 0.25) is 0 Å². The van der Waals surface area contributed by atoms with E-state index in [9.17, 15) is 0 Å². The number of aromatic nitrogens is 1. The molecule has 0 fully saturated rings. The van der Waals surface area contributed by atoms with Gasteiger partial charge in [-0.1, -0.05) is 72.8 Å². The Balaban J connectivity index is 1.47. The molecule has 3 nitrogen and oxygen atoms in total. The minimum Gasteiger partial charge on any atom is -0.455 e. The lowest BCUT2D eigenvalue weighted by molar-refractivity contribution is 0.667. The van der Waals surface area contributed by atoms with E-state index in [1.807, 2.05) is 19.2 Å². The maximum Gasteiger partial charge on any atom is 0.143 e. The lowest BCUT2D eigenvalue weighted by atomic mass is 9.82. The fourth-order valence-electron chi connectivity index (χ4n) is 5.23. The van der Waals surface area contributed by atoms with Gasteiger partial charge in [0.2, 0.25) is 0 Å². The minimum atomic E-state index is -0.361. The Morgan fingerprint density at radius 2 is 1.61 bits per heavy atom. The molecule has 5 rings (SSSR count). The molecule has 0 amide bonds. The molecule has 0 saturated heterocycles. The van der Waals surface area contributed by atoms with Crippen LogP contribution in [0.5, 0.6) is 0 Å². The van der Waals surface area contributed by atoms with Crippen LogP contribution >= 0.6 is 0 Å². The average Bonchev–Trinajstić information content (AvgIpc) is 3.29. The molecular weight excluding hydrogens is 464 g/mol. The Kier molecular flexibility index (Phi) is 6.86. The van der Waals surface area contributed by atoms with E-state index < -0.39 is 0 Å². The summed E-state index contributed by atoms with van der Waals surface area (Å²) < 4.78 is 6.31. The topological polar surface area (TPSA) is 38.4 Å². The quantitative estimate of drug-likeness (QED) is 0.173. The van der Waals surface area contributed by atoms with Gasteiger partial charge in [0, 0.05) is 40.1 Å². The van der Waals surface area contributed by atoms with Crippen LogP contribution in [0.1, 0.15) is 43.2 Å². The normalized spacial score (nSPS) is 13.2. The minimum absolute atomic E-state index is 0.361. The summed E-state index contributed by atoms with van der Waals surface area (Å²) in [4.78, 5) is 9.72. The van der Waals surface area contributed by atoms with Gasteiger partial charge >= 0.3 is 0 Å². The Labute approximate surface area is 225 Å². The second kappa shape index (κ2) is 10.3. The highest BCUT2D eigenvalue weighted by atomic mass is 16.3. The number of aliphatic imine (C=N–C) groups is 1. The van der Waals surface area contributed by atoms with Crippen molar-refractivity contribution in [1.29, 1.82) is 0 Å². The molecule has 0 aliphatic rings. The van der Waals surface area contributed by atoms with Gasteiger partial charge in [0.1, 0.15) is 11.2 Å². The van der Waals surface area contributed by atoms with Crippen LogP contribution in [0.15, 0.2) is 107 Å². The molecule has 0 unspecified atom stereocenters. The highest BCUT2D eigenvalue weighted by Crippen LogP contribution is 2.35. The van der Waals surface area contributed by atoms with Crippen molar-refractivity contribution in [1.82, 2.24) is 4.98 Å². The molecule has 0 radical (unpaired) electrons. The van der Waals surface area contributed by atoms with Gasteiger partial charge in [0.25, 0.3) is 0 Å². The largest absolute Gasteiger partial charge is 0.455 e. The second-order valence-corrected chi connectivity index (χ2v) is 10.4. The first kappa shape index (κ1) is 25.4. The molecule has 0 aliphatic carbocycles. The van der Waals surface area contributed by atoms with Gasteiger partial charge in [-0.3, -0.25) is 9.98 Å². The summed E-state index contributed by atoms with van der Waals surface area (Å²) in [6, 6.07) is 27.2. The van der Waals surface area contributed by atoms with E-state index in [1.54, 1.807) is 0 Å². The number of benzene rings is 3. The molecule has 2 heterocycles. The van der Waals surface area contributed by atoms with E-state index in [0.717, 1.165) is 55.7 Å². The predicted molar refractivity (Wildman–Crippen MR) is 162 cm³/mol. The third-order valence-electron chi connectivity index (χ3n) is 7.44. The van der Waals surface area contributed by atoms with Gasteiger partial charge in [-0.05, 0) is 75.6 Å². The van der Waals surface area contributed by atoms with Crippen molar-refractivity contribution in [3.05, 3.63) is 119 Å². The number of allylic oxidation sites excluding steroid dienone is 4. The van der Waals surface area contributed by atoms with Crippen LogP contribution in [0.25, 0.3) is 38.8 Å². The third kappa shape index (κ3) is 4.61. The van der Waals surface area contributed by atoms with E-state index in [2.05, 4.69) is 125 Å². The summed E-state index contributed by atoms with van der Waals surface area (Å²) in [5, 5.41) is 2.30. The zero-order valence-corrected chi connectivity index (χ0v) is 23.0. The zero-order valence-electron chi connectivity index (χ0n) is 23.0. The van der Waals surface area contributed by atoms with Crippen LogP contribution in [-0.4, -0.2) is 17.7 Å². The van der Waals surface area contributed by atoms with E-state index in [4.69, 9.17) is 9.40 Å². The highest BCUT2D eigenvalue weighted by molar-refractivity contribution is 6.08. The SMILES string of the molecule is C/N=C(/C=C\C=C(/C)c1c(C)ccc2c1oc1ccccc12)C(C)(C)c1cccc(-c2ccccc2C)n1. The Hall–Kier alpha value is -4.24. The summed E-state index contributed by atoms with van der Waals surface area (Å²) in [6.45, 7) is 10.8. The van der Waals surface area contributed by atoms with Crippen molar-refractivity contribution >= 4 is 33.2 Å². The van der Waals surface area contributed by atoms with Gasteiger partial charge in [-0.2, -0.15) is 0 Å². The molecule has 0 spiro atoms. The van der Waals surface area contributed by atoms with Gasteiger partial charge in [0.05, 0.1) is 11.4 Å². The summed E-state index contributed by atoms with van der Waals surface area (Å²) in [5.74, 6) is 0. The van der Waals surface area contributed by atoms with E-state index >= 15 is 0 Å². The maximum atomic E-state index is 6.31. The van der Waals surface area contributed by atoms with Crippen molar-refractivity contribution in [2.75, 3.05) is 7.05 Å². The number of fused-ring (bicyclic) bond motifs is 3. The van der Waals surface area contributed by atoms with Gasteiger partial charge in [-0.25, -0.2) is 0 Å². The number of hydrogen-bond donors (Lipinski definition) is 0. The Morgan fingerprint density at radius 1 is 0.842 bits per heavy atom. The standard InChI is InChI=1S/C35H34N2O/c1-23-13-7-8-15-26(23)29-17-12-20-32(37-29)35(4,5)31(36-6)19-11-14-24(2)33-25(3)21-22-28-27-16-9-10-18-30(27)38-34(28)33/h7-22H,1-6H3/b19-11-,24-14+,36-31-. The van der Waals surface area contributed by atoms with Crippen LogP contribution in [0.4, 0.5) is 0 Å². The molecule has 38 heavy (non-hydrogen) atoms. The van der Waals surface area contributed by atoms with Crippen molar-refractivity contribution in [2.45, 2.75) is 40.0 Å². The summed E-state index contributed by atoms with van der Waals surface area (Å²) in [5.41, 5.74) is 10.3. The average molecular weight is 499 g/mol. The number of pyridine rings is 1. The highest BCUT2D eigenvalue weighted by Gasteiger charge is 2.27. The molecule has 0 bridgehead atoms. The number of rotatable bonds is 6. The van der Waals surface area contributed by atoms with Crippen molar-refractivity contribution in [3.63, 3.8) is 0 Å². The number of aryl methyl sites for hydroxylation is 2. The smallest absolute Gasteiger partial charge is 0.143 e. The molecule has 0 atom stereocenters. The third-order valence-corrected chi connectivity index (χ3v) is 7.44. The molecule has 2 aromatic heterocycles. The van der Waals surface area contributed by atoms with Gasteiger partial charge in [0.15, 0.2) is 0 Å². The summed E-state index contributed by atoms with van der Waals surface area (Å²) in [6.07, 6.45) is 6.33. The lowest BCUT2D eigenvalue weighted by Gasteiger charge is -2.25. The molecular formula is C35H34N2O. The monoisotopic (exact) mass is 498 g/mol. The summed E-state index contributed by atoms with van der Waals surface area (Å²) in [7, 11) is 1.85. The molecule has 0 saturated carbocycles. The van der Waals surface area contributed by atoms with Crippen LogP contribution < -0.4 is 0 Å². The van der Waals surface area contributed by atoms with Gasteiger partial charge in [-0.15, -0.1) is 0 Å². The number of para-hydroxylation sites is 1. The molecule has 3 heteroatoms. The van der Waals surface area contributed by atoms with Crippen LogP contribution in [0, 0.1) is 13.8 Å². The fourth-order valence-corrected chi connectivity index (χ4v) is 5.23. The van der Waals surface area contributed by atoms with Crippen LogP contribution in [0.3, 0.4) is 0 Å². The number of furan rings is 1. The second-order valence-electron chi connectivity index (χ2n) is 10.4. The predicted octanol–water partition coefficient (Wildman–Crippen LogP) is 9.27. The maximum absolute atomic E-state index is 6.31. The zero-order chi connectivity index (χ0) is 26.9. The Bertz CT molecular complexity index is 1730. The first-order chi connectivity index (χ1) is 18.3. The number of hydrogen-bond acceptors (Lipinski definition) is 3. The molecule has 190 valence electrons. The lowest BCUT2D eigenvalue weighted by Crippen LogP contribution is -2.29.